The van der Waals surface area contributed by atoms with Gasteiger partial charge in [-0.15, -0.1) is 0 Å². The molecule has 22 heavy (non-hydrogen) atoms. The average molecular weight is 302 g/mol. The molecule has 1 heterocycles. The van der Waals surface area contributed by atoms with Crippen LogP contribution >= 0.6 is 0 Å². The molecule has 0 saturated carbocycles. The summed E-state index contributed by atoms with van der Waals surface area (Å²) >= 11 is 0. The third-order valence-corrected chi connectivity index (χ3v) is 4.00. The van der Waals surface area contributed by atoms with Crippen molar-refractivity contribution in [2.24, 2.45) is 10.9 Å². The van der Waals surface area contributed by atoms with Crippen LogP contribution in [0.25, 0.3) is 0 Å². The van der Waals surface area contributed by atoms with Gasteiger partial charge in [-0.3, -0.25) is 0 Å². The second-order valence-corrected chi connectivity index (χ2v) is 5.76. The Kier molecular flexibility index (Phi) is 5.76. The van der Waals surface area contributed by atoms with Crippen molar-refractivity contribution in [1.29, 1.82) is 5.26 Å². The maximum absolute atomic E-state index is 13.9. The van der Waals surface area contributed by atoms with Crippen molar-refractivity contribution in [2.75, 3.05) is 19.6 Å². The number of nitrogens with one attached hydrogen (secondary N) is 1. The quantitative estimate of drug-likeness (QED) is 0.690. The Labute approximate surface area is 131 Å². The number of piperidine rings is 1. The molecule has 1 aliphatic heterocycles. The number of likely N-dealkylation sites (tertiary alicyclic amines) is 1. The van der Waals surface area contributed by atoms with Gasteiger partial charge in [0.1, 0.15) is 5.82 Å². The standard InChI is InChI=1S/C17H23FN4/c1-3-20-17(22-8-6-13(2)7-9-22)21-12-15-5-4-14(11-19)10-16(15)18/h4-5,10,13H,3,6-9,12H2,1-2H3,(H,20,21). The van der Waals surface area contributed by atoms with E-state index in [2.05, 4.69) is 22.1 Å². The Hall–Kier alpha value is -2.09. The fourth-order valence-electron chi connectivity index (χ4n) is 2.55. The Morgan fingerprint density at radius 2 is 2.18 bits per heavy atom. The Morgan fingerprint density at radius 1 is 1.45 bits per heavy atom. The van der Waals surface area contributed by atoms with Crippen LogP contribution in [0.3, 0.4) is 0 Å². The summed E-state index contributed by atoms with van der Waals surface area (Å²) in [5.41, 5.74) is 0.849. The summed E-state index contributed by atoms with van der Waals surface area (Å²) in [6.07, 6.45) is 2.32. The zero-order valence-electron chi connectivity index (χ0n) is 13.3. The number of hydrogen-bond donors (Lipinski definition) is 1. The number of nitriles is 1. The van der Waals surface area contributed by atoms with Gasteiger partial charge in [-0.05, 0) is 37.8 Å². The monoisotopic (exact) mass is 302 g/mol. The van der Waals surface area contributed by atoms with Crippen molar-refractivity contribution < 1.29 is 4.39 Å². The minimum atomic E-state index is -0.370. The third-order valence-electron chi connectivity index (χ3n) is 4.00. The number of hydrogen-bond acceptors (Lipinski definition) is 2. The first-order valence-electron chi connectivity index (χ1n) is 7.85. The average Bonchev–Trinajstić information content (AvgIpc) is 2.53. The number of benzene rings is 1. The van der Waals surface area contributed by atoms with Crippen molar-refractivity contribution in [3.05, 3.63) is 35.1 Å². The molecule has 0 atom stereocenters. The third kappa shape index (κ3) is 4.20. The van der Waals surface area contributed by atoms with E-state index in [1.807, 2.05) is 13.0 Å². The largest absolute Gasteiger partial charge is 0.357 e. The van der Waals surface area contributed by atoms with Crippen LogP contribution in [-0.2, 0) is 6.54 Å². The SMILES string of the molecule is CCNC(=NCc1ccc(C#N)cc1F)N1CCC(C)CC1. The Bertz CT molecular complexity index is 569. The van der Waals surface area contributed by atoms with Crippen LogP contribution in [-0.4, -0.2) is 30.5 Å². The Balaban J connectivity index is 2.08. The molecule has 0 unspecified atom stereocenters. The molecule has 0 aliphatic carbocycles. The van der Waals surface area contributed by atoms with Crippen molar-refractivity contribution in [1.82, 2.24) is 10.2 Å². The molecule has 1 saturated heterocycles. The molecule has 0 spiro atoms. The van der Waals surface area contributed by atoms with Gasteiger partial charge in [0, 0.05) is 25.2 Å². The summed E-state index contributed by atoms with van der Waals surface area (Å²) in [5, 5.41) is 12.1. The summed E-state index contributed by atoms with van der Waals surface area (Å²) in [6, 6.07) is 6.47. The molecule has 1 fully saturated rings. The molecule has 4 nitrogen and oxygen atoms in total. The fraction of sp³-hybridized carbons (Fsp3) is 0.529. The van der Waals surface area contributed by atoms with E-state index in [4.69, 9.17) is 5.26 Å². The van der Waals surface area contributed by atoms with E-state index in [1.54, 1.807) is 12.1 Å². The van der Waals surface area contributed by atoms with E-state index in [-0.39, 0.29) is 12.4 Å². The second-order valence-electron chi connectivity index (χ2n) is 5.76. The van der Waals surface area contributed by atoms with Crippen molar-refractivity contribution in [3.8, 4) is 6.07 Å². The smallest absolute Gasteiger partial charge is 0.194 e. The number of aliphatic imine (C=N–C) groups is 1. The van der Waals surface area contributed by atoms with Gasteiger partial charge in [0.2, 0.25) is 0 Å². The molecule has 2 rings (SSSR count). The van der Waals surface area contributed by atoms with Gasteiger partial charge < -0.3 is 10.2 Å². The topological polar surface area (TPSA) is 51.4 Å². The van der Waals surface area contributed by atoms with E-state index in [1.165, 1.54) is 6.07 Å². The first-order valence-corrected chi connectivity index (χ1v) is 7.85. The highest BCUT2D eigenvalue weighted by Crippen LogP contribution is 2.16. The van der Waals surface area contributed by atoms with Gasteiger partial charge in [0.25, 0.3) is 0 Å². The van der Waals surface area contributed by atoms with Crippen molar-refractivity contribution >= 4 is 5.96 Å². The first kappa shape index (κ1) is 16.3. The van der Waals surface area contributed by atoms with Gasteiger partial charge in [0.05, 0.1) is 18.2 Å². The van der Waals surface area contributed by atoms with Gasteiger partial charge in [-0.25, -0.2) is 9.38 Å². The van der Waals surface area contributed by atoms with Crippen LogP contribution in [0.2, 0.25) is 0 Å². The van der Waals surface area contributed by atoms with Gasteiger partial charge in [-0.2, -0.15) is 5.26 Å². The molecule has 0 bridgehead atoms. The summed E-state index contributed by atoms with van der Waals surface area (Å²) in [6.45, 7) is 7.36. The van der Waals surface area contributed by atoms with Crippen molar-refractivity contribution in [3.63, 3.8) is 0 Å². The summed E-state index contributed by atoms with van der Waals surface area (Å²) in [5.74, 6) is 1.24. The molecule has 0 aromatic heterocycles. The first-order chi connectivity index (χ1) is 10.6. The summed E-state index contributed by atoms with van der Waals surface area (Å²) in [4.78, 5) is 6.80. The van der Waals surface area contributed by atoms with Crippen LogP contribution in [0.15, 0.2) is 23.2 Å². The molecular formula is C17H23FN4. The van der Waals surface area contributed by atoms with Crippen LogP contribution in [0, 0.1) is 23.1 Å². The molecule has 5 heteroatoms. The minimum Gasteiger partial charge on any atom is -0.357 e. The van der Waals surface area contributed by atoms with Gasteiger partial charge >= 0.3 is 0 Å². The fourth-order valence-corrected chi connectivity index (χ4v) is 2.55. The lowest BCUT2D eigenvalue weighted by atomic mass is 10.00. The molecule has 1 aromatic rings. The molecule has 1 aromatic carbocycles. The lowest BCUT2D eigenvalue weighted by Crippen LogP contribution is -2.45. The highest BCUT2D eigenvalue weighted by atomic mass is 19.1. The highest BCUT2D eigenvalue weighted by molar-refractivity contribution is 5.80. The number of rotatable bonds is 3. The maximum atomic E-state index is 13.9. The van der Waals surface area contributed by atoms with E-state index < -0.39 is 0 Å². The summed E-state index contributed by atoms with van der Waals surface area (Å²) < 4.78 is 13.9. The van der Waals surface area contributed by atoms with Crippen LogP contribution in [0.4, 0.5) is 4.39 Å². The van der Waals surface area contributed by atoms with Crippen LogP contribution in [0.5, 0.6) is 0 Å². The maximum Gasteiger partial charge on any atom is 0.194 e. The number of guanidine groups is 1. The summed E-state index contributed by atoms with van der Waals surface area (Å²) in [7, 11) is 0. The molecule has 0 radical (unpaired) electrons. The zero-order chi connectivity index (χ0) is 15.9. The lowest BCUT2D eigenvalue weighted by Gasteiger charge is -2.33. The number of halogens is 1. The van der Waals surface area contributed by atoms with Crippen molar-refractivity contribution in [2.45, 2.75) is 33.2 Å². The van der Waals surface area contributed by atoms with Crippen LogP contribution < -0.4 is 5.32 Å². The normalized spacial score (nSPS) is 16.5. The van der Waals surface area contributed by atoms with E-state index in [0.717, 1.165) is 44.4 Å². The molecule has 118 valence electrons. The van der Waals surface area contributed by atoms with Gasteiger partial charge in [-0.1, -0.05) is 13.0 Å². The zero-order valence-corrected chi connectivity index (χ0v) is 13.3. The molecular weight excluding hydrogens is 279 g/mol. The minimum absolute atomic E-state index is 0.284. The van der Waals surface area contributed by atoms with E-state index in [0.29, 0.717) is 11.1 Å². The second kappa shape index (κ2) is 7.79. The van der Waals surface area contributed by atoms with E-state index in [9.17, 15) is 4.39 Å². The Morgan fingerprint density at radius 3 is 2.77 bits per heavy atom. The highest BCUT2D eigenvalue weighted by Gasteiger charge is 2.18. The molecule has 1 aliphatic rings. The van der Waals surface area contributed by atoms with E-state index >= 15 is 0 Å². The lowest BCUT2D eigenvalue weighted by molar-refractivity contribution is 0.273. The number of nitrogens with zero attached hydrogens (tertiary/aromatic N) is 3. The predicted octanol–water partition coefficient (Wildman–Crippen LogP) is 2.89. The molecule has 0 amide bonds. The predicted molar refractivity (Wildman–Crippen MR) is 85.9 cm³/mol. The molecule has 1 N–H and O–H groups in total. The van der Waals surface area contributed by atoms with Gasteiger partial charge in [0.15, 0.2) is 5.96 Å². The van der Waals surface area contributed by atoms with Crippen LogP contribution in [0.1, 0.15) is 37.8 Å².